The Bertz CT molecular complexity index is 1100. The molecule has 10 heteroatoms. The molecule has 1 atom stereocenters. The molecule has 0 radical (unpaired) electrons. The van der Waals surface area contributed by atoms with Crippen LogP contribution in [0.2, 0.25) is 0 Å². The third-order valence-electron chi connectivity index (χ3n) is 6.09. The highest BCUT2D eigenvalue weighted by molar-refractivity contribution is 5.91. The average Bonchev–Trinajstić information content (AvgIpc) is 3.26. The van der Waals surface area contributed by atoms with Crippen molar-refractivity contribution in [2.24, 2.45) is 0 Å². The van der Waals surface area contributed by atoms with Gasteiger partial charge in [-0.1, -0.05) is 0 Å². The van der Waals surface area contributed by atoms with Crippen LogP contribution < -0.4 is 9.47 Å². The van der Waals surface area contributed by atoms with Gasteiger partial charge in [-0.25, -0.2) is 18.0 Å². The van der Waals surface area contributed by atoms with Crippen LogP contribution in [0.5, 0.6) is 11.5 Å². The predicted octanol–water partition coefficient (Wildman–Crippen LogP) is 4.02. The molecule has 2 aromatic rings. The maximum absolute atomic E-state index is 13.8. The number of ether oxygens (including phenoxy) is 3. The van der Waals surface area contributed by atoms with Crippen molar-refractivity contribution in [2.45, 2.75) is 25.0 Å². The number of cyclic esters (lactones) is 1. The molecule has 2 amide bonds. The zero-order valence-corrected chi connectivity index (χ0v) is 19.1. The van der Waals surface area contributed by atoms with Crippen LogP contribution in [0.3, 0.4) is 0 Å². The summed E-state index contributed by atoms with van der Waals surface area (Å²) in [6.07, 6.45) is 2.55. The Labute approximate surface area is 200 Å². The quantitative estimate of drug-likeness (QED) is 0.433. The second kappa shape index (κ2) is 10.7. The standard InChI is InChI=1S/C25H25F3N2O5/c1-33-18-4-6-19(7-5-18)34-15-20-14-30(25(32)35-20)17-10-12-29(13-11-17)22(31)9-3-16-2-8-21(26)24(28)23(16)27/h2-9,17,20H,10-15H2,1H3/b9-3+. The van der Waals surface area contributed by atoms with Crippen molar-refractivity contribution in [3.8, 4) is 11.5 Å². The molecule has 186 valence electrons. The van der Waals surface area contributed by atoms with Gasteiger partial charge in [0.25, 0.3) is 0 Å². The van der Waals surface area contributed by atoms with E-state index in [0.717, 1.165) is 24.3 Å². The molecule has 0 saturated carbocycles. The van der Waals surface area contributed by atoms with E-state index in [1.165, 1.54) is 0 Å². The molecular weight excluding hydrogens is 465 g/mol. The molecule has 35 heavy (non-hydrogen) atoms. The molecule has 2 heterocycles. The molecule has 7 nitrogen and oxygen atoms in total. The molecule has 2 aliphatic heterocycles. The normalized spacial score (nSPS) is 18.7. The molecular formula is C25H25F3N2O5. The Morgan fingerprint density at radius 2 is 1.74 bits per heavy atom. The minimum absolute atomic E-state index is 0.0786. The van der Waals surface area contributed by atoms with Gasteiger partial charge < -0.3 is 24.0 Å². The number of amides is 2. The average molecular weight is 490 g/mol. The lowest BCUT2D eigenvalue weighted by Gasteiger charge is -2.35. The van der Waals surface area contributed by atoms with E-state index in [0.29, 0.717) is 44.0 Å². The van der Waals surface area contributed by atoms with Crippen LogP contribution in [0.1, 0.15) is 18.4 Å². The molecule has 0 N–H and O–H groups in total. The lowest BCUT2D eigenvalue weighted by Crippen LogP contribution is -2.47. The van der Waals surface area contributed by atoms with Crippen LogP contribution in [-0.4, -0.2) is 67.3 Å². The molecule has 4 rings (SSSR count). The molecule has 2 fully saturated rings. The highest BCUT2D eigenvalue weighted by atomic mass is 19.2. The summed E-state index contributed by atoms with van der Waals surface area (Å²) in [5.74, 6) is -3.22. The van der Waals surface area contributed by atoms with Crippen LogP contribution in [0.4, 0.5) is 18.0 Å². The zero-order chi connectivity index (χ0) is 24.9. The number of methoxy groups -OCH3 is 1. The van der Waals surface area contributed by atoms with Gasteiger partial charge in [0.2, 0.25) is 5.91 Å². The second-order valence-electron chi connectivity index (χ2n) is 8.30. The van der Waals surface area contributed by atoms with Crippen molar-refractivity contribution in [1.82, 2.24) is 9.80 Å². The van der Waals surface area contributed by atoms with Crippen molar-refractivity contribution >= 4 is 18.1 Å². The molecule has 2 saturated heterocycles. The summed E-state index contributed by atoms with van der Waals surface area (Å²) in [5.41, 5.74) is -0.213. The summed E-state index contributed by atoms with van der Waals surface area (Å²) < 4.78 is 56.4. The van der Waals surface area contributed by atoms with Crippen molar-refractivity contribution in [3.63, 3.8) is 0 Å². The summed E-state index contributed by atoms with van der Waals surface area (Å²) >= 11 is 0. The van der Waals surface area contributed by atoms with Gasteiger partial charge in [0.05, 0.1) is 13.7 Å². The fourth-order valence-electron chi connectivity index (χ4n) is 4.12. The first kappa shape index (κ1) is 24.4. The van der Waals surface area contributed by atoms with Crippen LogP contribution in [0.25, 0.3) is 6.08 Å². The first-order valence-electron chi connectivity index (χ1n) is 11.2. The fraction of sp³-hybridized carbons (Fsp3) is 0.360. The topological polar surface area (TPSA) is 68.3 Å². The van der Waals surface area contributed by atoms with Crippen molar-refractivity contribution < 1.29 is 37.0 Å². The first-order valence-corrected chi connectivity index (χ1v) is 11.2. The van der Waals surface area contributed by atoms with Crippen molar-refractivity contribution in [1.29, 1.82) is 0 Å². The van der Waals surface area contributed by atoms with E-state index in [4.69, 9.17) is 14.2 Å². The number of carbonyl (C=O) groups is 2. The van der Waals surface area contributed by atoms with E-state index >= 15 is 0 Å². The van der Waals surface area contributed by atoms with Gasteiger partial charge in [0.1, 0.15) is 18.1 Å². The number of hydrogen-bond donors (Lipinski definition) is 0. The van der Waals surface area contributed by atoms with Crippen molar-refractivity contribution in [2.75, 3.05) is 33.4 Å². The van der Waals surface area contributed by atoms with Gasteiger partial charge in [-0.3, -0.25) is 4.79 Å². The molecule has 2 aromatic carbocycles. The number of hydrogen-bond acceptors (Lipinski definition) is 5. The maximum atomic E-state index is 13.8. The molecule has 0 bridgehead atoms. The summed E-state index contributed by atoms with van der Waals surface area (Å²) in [7, 11) is 1.58. The minimum atomic E-state index is -1.58. The number of nitrogens with zero attached hydrogens (tertiary/aromatic N) is 2. The van der Waals surface area contributed by atoms with Gasteiger partial charge in [0, 0.05) is 30.8 Å². The van der Waals surface area contributed by atoms with Gasteiger partial charge in [0.15, 0.2) is 23.6 Å². The van der Waals surface area contributed by atoms with Crippen LogP contribution >= 0.6 is 0 Å². The number of piperidine rings is 1. The number of carbonyl (C=O) groups excluding carboxylic acids is 2. The second-order valence-corrected chi connectivity index (χ2v) is 8.30. The van der Waals surface area contributed by atoms with Gasteiger partial charge in [-0.2, -0.15) is 0 Å². The lowest BCUT2D eigenvalue weighted by atomic mass is 10.0. The van der Waals surface area contributed by atoms with E-state index in [9.17, 15) is 22.8 Å². The number of halogens is 3. The highest BCUT2D eigenvalue weighted by Gasteiger charge is 2.38. The minimum Gasteiger partial charge on any atom is -0.497 e. The number of rotatable bonds is 7. The van der Waals surface area contributed by atoms with Gasteiger partial charge in [-0.05, 0) is 55.3 Å². The highest BCUT2D eigenvalue weighted by Crippen LogP contribution is 2.24. The first-order chi connectivity index (χ1) is 16.9. The van der Waals surface area contributed by atoms with Crippen molar-refractivity contribution in [3.05, 3.63) is 65.5 Å². The van der Waals surface area contributed by atoms with Crippen LogP contribution in [0, 0.1) is 17.5 Å². The predicted molar refractivity (Wildman–Crippen MR) is 120 cm³/mol. The summed E-state index contributed by atoms with van der Waals surface area (Å²) in [6.45, 7) is 1.40. The Balaban J connectivity index is 1.25. The Kier molecular flexibility index (Phi) is 7.48. The van der Waals surface area contributed by atoms with E-state index in [1.54, 1.807) is 41.2 Å². The van der Waals surface area contributed by atoms with Crippen LogP contribution in [-0.2, 0) is 9.53 Å². The van der Waals surface area contributed by atoms with E-state index in [2.05, 4.69) is 0 Å². The molecule has 0 aliphatic carbocycles. The fourth-order valence-corrected chi connectivity index (χ4v) is 4.12. The monoisotopic (exact) mass is 490 g/mol. The summed E-state index contributed by atoms with van der Waals surface area (Å²) in [6, 6.07) is 8.90. The zero-order valence-electron chi connectivity index (χ0n) is 19.1. The van der Waals surface area contributed by atoms with Gasteiger partial charge >= 0.3 is 6.09 Å². The number of benzene rings is 2. The van der Waals surface area contributed by atoms with Crippen LogP contribution in [0.15, 0.2) is 42.5 Å². The summed E-state index contributed by atoms with van der Waals surface area (Å²) in [5, 5.41) is 0. The number of likely N-dealkylation sites (tertiary alicyclic amines) is 1. The molecule has 0 spiro atoms. The van der Waals surface area contributed by atoms with E-state index in [-0.39, 0.29) is 24.1 Å². The van der Waals surface area contributed by atoms with E-state index in [1.807, 2.05) is 0 Å². The largest absolute Gasteiger partial charge is 0.497 e. The maximum Gasteiger partial charge on any atom is 0.410 e. The Morgan fingerprint density at radius 3 is 2.43 bits per heavy atom. The Hall–Kier alpha value is -3.69. The molecule has 2 aliphatic rings. The van der Waals surface area contributed by atoms with E-state index < -0.39 is 29.6 Å². The lowest BCUT2D eigenvalue weighted by molar-refractivity contribution is -0.127. The third-order valence-corrected chi connectivity index (χ3v) is 6.09. The summed E-state index contributed by atoms with van der Waals surface area (Å²) in [4.78, 5) is 28.1. The Morgan fingerprint density at radius 1 is 1.06 bits per heavy atom. The smallest absolute Gasteiger partial charge is 0.410 e. The molecule has 1 unspecified atom stereocenters. The third kappa shape index (κ3) is 5.70. The SMILES string of the molecule is COc1ccc(OCC2CN(C3CCN(C(=O)/C=C/c4ccc(F)c(F)c4F)CC3)C(=O)O2)cc1. The molecule has 0 aromatic heterocycles. The van der Waals surface area contributed by atoms with Gasteiger partial charge in [-0.15, -0.1) is 0 Å².